The Morgan fingerprint density at radius 3 is 2.79 bits per heavy atom. The average molecular weight is 548 g/mol. The van der Waals surface area contributed by atoms with Crippen LogP contribution in [0.25, 0.3) is 31.8 Å². The summed E-state index contributed by atoms with van der Waals surface area (Å²) in [5, 5.41) is 5.41. The summed E-state index contributed by atoms with van der Waals surface area (Å²) in [6.07, 6.45) is 0.319. The summed E-state index contributed by atoms with van der Waals surface area (Å²) in [5.41, 5.74) is 3.47. The molecule has 0 unspecified atom stereocenters. The summed E-state index contributed by atoms with van der Waals surface area (Å²) in [6.45, 7) is 5.49. The van der Waals surface area contributed by atoms with Crippen LogP contribution in [0.5, 0.6) is 5.75 Å². The smallest absolute Gasteiger partial charge is 0.410 e. The lowest BCUT2D eigenvalue weighted by atomic mass is 10.0. The van der Waals surface area contributed by atoms with Gasteiger partial charge in [0.25, 0.3) is 5.91 Å². The predicted molar refractivity (Wildman–Crippen MR) is 149 cm³/mol. The molecule has 0 atom stereocenters. The predicted octanol–water partition coefficient (Wildman–Crippen LogP) is 6.94. The number of carbonyl (C=O) groups is 2. The van der Waals surface area contributed by atoms with Crippen LogP contribution in [-0.4, -0.2) is 41.6 Å². The first kappa shape index (κ1) is 24.4. The van der Waals surface area contributed by atoms with E-state index in [0.29, 0.717) is 49.1 Å². The van der Waals surface area contributed by atoms with Crippen molar-refractivity contribution in [2.45, 2.75) is 26.8 Å². The lowest BCUT2D eigenvalue weighted by Gasteiger charge is -2.26. The SMILES string of the molecule is CCOC(=O)N1CCc2c(sc(NC(=O)c3cc4cccc(OCC)c4o3)c2-c2nc3ccccc3s2)C1. The molecular weight excluding hydrogens is 522 g/mol. The van der Waals surface area contributed by atoms with Crippen molar-refractivity contribution in [3.05, 3.63) is 64.7 Å². The fourth-order valence-electron chi connectivity index (χ4n) is 4.65. The second-order valence-electron chi connectivity index (χ2n) is 8.74. The highest BCUT2D eigenvalue weighted by Crippen LogP contribution is 2.46. The number of nitrogens with zero attached hydrogens (tertiary/aromatic N) is 2. The van der Waals surface area contributed by atoms with Gasteiger partial charge < -0.3 is 24.1 Å². The largest absolute Gasteiger partial charge is 0.490 e. The van der Waals surface area contributed by atoms with Gasteiger partial charge in [-0.05, 0) is 50.1 Å². The van der Waals surface area contributed by atoms with Crippen molar-refractivity contribution in [2.75, 3.05) is 25.1 Å². The van der Waals surface area contributed by atoms with E-state index in [4.69, 9.17) is 18.9 Å². The zero-order valence-corrected chi connectivity index (χ0v) is 22.5. The first-order chi connectivity index (χ1) is 18.6. The minimum Gasteiger partial charge on any atom is -0.490 e. The van der Waals surface area contributed by atoms with E-state index < -0.39 is 0 Å². The number of furan rings is 1. The Labute approximate surface area is 226 Å². The number of nitrogens with one attached hydrogen (secondary N) is 1. The van der Waals surface area contributed by atoms with Gasteiger partial charge in [0.15, 0.2) is 17.1 Å². The molecule has 2 aromatic carbocycles. The number of thiophene rings is 1. The highest BCUT2D eigenvalue weighted by Gasteiger charge is 2.30. The van der Waals surface area contributed by atoms with Gasteiger partial charge in [-0.25, -0.2) is 9.78 Å². The summed E-state index contributed by atoms with van der Waals surface area (Å²) < 4.78 is 17.9. The molecule has 0 fully saturated rings. The van der Waals surface area contributed by atoms with Crippen LogP contribution < -0.4 is 10.1 Å². The van der Waals surface area contributed by atoms with Gasteiger partial charge in [-0.3, -0.25) is 4.79 Å². The molecule has 8 nitrogen and oxygen atoms in total. The number of ether oxygens (including phenoxy) is 2. The molecular formula is C28H25N3O5S2. The summed E-state index contributed by atoms with van der Waals surface area (Å²) in [6, 6.07) is 15.3. The highest BCUT2D eigenvalue weighted by atomic mass is 32.1. The molecule has 4 heterocycles. The van der Waals surface area contributed by atoms with Crippen molar-refractivity contribution in [2.24, 2.45) is 0 Å². The fourth-order valence-corrected chi connectivity index (χ4v) is 7.02. The molecule has 6 rings (SSSR count). The highest BCUT2D eigenvalue weighted by molar-refractivity contribution is 7.23. The number of carbonyl (C=O) groups excluding carboxylic acids is 2. The molecule has 5 aromatic rings. The van der Waals surface area contributed by atoms with Gasteiger partial charge in [-0.15, -0.1) is 22.7 Å². The van der Waals surface area contributed by atoms with Crippen molar-refractivity contribution in [1.82, 2.24) is 9.88 Å². The molecule has 0 radical (unpaired) electrons. The third-order valence-electron chi connectivity index (χ3n) is 6.35. The van der Waals surface area contributed by atoms with Gasteiger partial charge in [-0.1, -0.05) is 24.3 Å². The van der Waals surface area contributed by atoms with Crippen molar-refractivity contribution in [1.29, 1.82) is 0 Å². The molecule has 1 aliphatic rings. The molecule has 10 heteroatoms. The summed E-state index contributed by atoms with van der Waals surface area (Å²) >= 11 is 3.06. The van der Waals surface area contributed by atoms with E-state index in [0.717, 1.165) is 36.6 Å². The number of para-hydroxylation sites is 2. The van der Waals surface area contributed by atoms with Crippen LogP contribution >= 0.6 is 22.7 Å². The Balaban J connectivity index is 1.38. The molecule has 0 saturated heterocycles. The monoisotopic (exact) mass is 547 g/mol. The molecule has 1 aliphatic heterocycles. The number of hydrogen-bond donors (Lipinski definition) is 1. The maximum absolute atomic E-state index is 13.4. The molecule has 194 valence electrons. The Bertz CT molecular complexity index is 1630. The zero-order valence-electron chi connectivity index (χ0n) is 20.9. The lowest BCUT2D eigenvalue weighted by molar-refractivity contribution is 0.0997. The van der Waals surface area contributed by atoms with E-state index in [1.165, 1.54) is 11.3 Å². The summed E-state index contributed by atoms with van der Waals surface area (Å²) in [5.74, 6) is 0.443. The van der Waals surface area contributed by atoms with Gasteiger partial charge in [0.1, 0.15) is 10.0 Å². The molecule has 38 heavy (non-hydrogen) atoms. The van der Waals surface area contributed by atoms with Crippen LogP contribution in [0.1, 0.15) is 34.8 Å². The van der Waals surface area contributed by atoms with Gasteiger partial charge in [0.05, 0.1) is 30.0 Å². The normalized spacial score (nSPS) is 13.1. The molecule has 0 saturated carbocycles. The standard InChI is InChI=1S/C28H25N3O5S2/c1-3-34-19-10-7-8-16-14-20(36-24(16)19)25(32)30-27-23(26-29-18-9-5-6-11-21(18)37-26)17-12-13-31(15-22(17)38-27)28(33)35-4-2/h5-11,14H,3-4,12-13,15H2,1-2H3,(H,30,32). The number of benzene rings is 2. The van der Waals surface area contributed by atoms with Gasteiger partial charge in [0, 0.05) is 22.4 Å². The van der Waals surface area contributed by atoms with Crippen LogP contribution in [0.4, 0.5) is 9.80 Å². The minimum absolute atomic E-state index is 0.196. The van der Waals surface area contributed by atoms with Crippen molar-refractivity contribution < 1.29 is 23.5 Å². The Morgan fingerprint density at radius 2 is 1.97 bits per heavy atom. The minimum atomic E-state index is -0.355. The van der Waals surface area contributed by atoms with E-state index in [1.807, 2.05) is 49.4 Å². The molecule has 1 N–H and O–H groups in total. The number of anilines is 1. The number of amides is 2. The van der Waals surface area contributed by atoms with E-state index in [9.17, 15) is 9.59 Å². The fraction of sp³-hybridized carbons (Fsp3) is 0.250. The Hall–Kier alpha value is -3.89. The Kier molecular flexibility index (Phi) is 6.50. The van der Waals surface area contributed by atoms with Gasteiger partial charge in [0.2, 0.25) is 0 Å². The van der Waals surface area contributed by atoms with Crippen LogP contribution in [-0.2, 0) is 17.7 Å². The van der Waals surface area contributed by atoms with Gasteiger partial charge in [-0.2, -0.15) is 0 Å². The van der Waals surface area contributed by atoms with Crippen LogP contribution in [0.3, 0.4) is 0 Å². The second kappa shape index (κ2) is 10.1. The maximum atomic E-state index is 13.4. The second-order valence-corrected chi connectivity index (χ2v) is 10.9. The molecule has 0 aliphatic carbocycles. The van der Waals surface area contributed by atoms with E-state index in [1.54, 1.807) is 29.2 Å². The summed E-state index contributed by atoms with van der Waals surface area (Å²) in [7, 11) is 0. The van der Waals surface area contributed by atoms with Gasteiger partial charge >= 0.3 is 6.09 Å². The molecule has 3 aromatic heterocycles. The van der Waals surface area contributed by atoms with Crippen molar-refractivity contribution in [3.8, 4) is 16.3 Å². The first-order valence-electron chi connectivity index (χ1n) is 12.4. The van der Waals surface area contributed by atoms with Crippen LogP contribution in [0.15, 0.2) is 52.9 Å². The van der Waals surface area contributed by atoms with E-state index in [-0.39, 0.29) is 17.8 Å². The number of hydrogen-bond acceptors (Lipinski definition) is 8. The number of aromatic nitrogens is 1. The number of fused-ring (bicyclic) bond motifs is 3. The van der Waals surface area contributed by atoms with Crippen molar-refractivity contribution >= 4 is 60.9 Å². The van der Waals surface area contributed by atoms with Crippen LogP contribution in [0.2, 0.25) is 0 Å². The third-order valence-corrected chi connectivity index (χ3v) is 8.54. The topological polar surface area (TPSA) is 93.9 Å². The Morgan fingerprint density at radius 1 is 1.11 bits per heavy atom. The number of rotatable bonds is 6. The average Bonchev–Trinajstić information content (AvgIpc) is 3.63. The lowest BCUT2D eigenvalue weighted by Crippen LogP contribution is -2.35. The zero-order chi connectivity index (χ0) is 26.2. The quantitative estimate of drug-likeness (QED) is 0.248. The first-order valence-corrected chi connectivity index (χ1v) is 14.1. The van der Waals surface area contributed by atoms with Crippen LogP contribution in [0, 0.1) is 0 Å². The third kappa shape index (κ3) is 4.39. The molecule has 0 bridgehead atoms. The molecule has 2 amide bonds. The van der Waals surface area contributed by atoms with E-state index >= 15 is 0 Å². The summed E-state index contributed by atoms with van der Waals surface area (Å²) in [4.78, 5) is 33.4. The van der Waals surface area contributed by atoms with Crippen molar-refractivity contribution in [3.63, 3.8) is 0 Å². The molecule has 0 spiro atoms. The van der Waals surface area contributed by atoms with E-state index in [2.05, 4.69) is 5.32 Å². The maximum Gasteiger partial charge on any atom is 0.410 e. The number of thiazole rings is 1.